The van der Waals surface area contributed by atoms with E-state index in [0.29, 0.717) is 17.7 Å². The molecule has 0 bridgehead atoms. The van der Waals surface area contributed by atoms with E-state index in [1.54, 1.807) is 36.4 Å². The molecule has 0 heterocycles. The molecule has 0 aliphatic rings. The molecule has 4 nitrogen and oxygen atoms in total. The second-order valence-electron chi connectivity index (χ2n) is 6.30. The molecule has 3 aromatic carbocycles. The Morgan fingerprint density at radius 1 is 0.821 bits per heavy atom. The highest BCUT2D eigenvalue weighted by Crippen LogP contribution is 2.17. The molecule has 0 unspecified atom stereocenters. The van der Waals surface area contributed by atoms with Gasteiger partial charge in [-0.25, -0.2) is 4.79 Å². The Morgan fingerprint density at radius 2 is 1.43 bits per heavy atom. The average molecular weight is 439 g/mol. The zero-order valence-corrected chi connectivity index (χ0v) is 16.9. The molecule has 0 aromatic heterocycles. The van der Waals surface area contributed by atoms with Gasteiger partial charge in [0.15, 0.2) is 12.4 Å². The van der Waals surface area contributed by atoms with Crippen LogP contribution in [0.5, 0.6) is 5.75 Å². The van der Waals surface area contributed by atoms with Crippen LogP contribution < -0.4 is 4.74 Å². The van der Waals surface area contributed by atoms with Gasteiger partial charge in [-0.3, -0.25) is 4.79 Å². The summed E-state index contributed by atoms with van der Waals surface area (Å²) in [5.74, 6) is 0.00927. The van der Waals surface area contributed by atoms with Gasteiger partial charge in [0.2, 0.25) is 0 Å². The maximum Gasteiger partial charge on any atom is 0.338 e. The van der Waals surface area contributed by atoms with Crippen molar-refractivity contribution in [3.8, 4) is 5.75 Å². The zero-order chi connectivity index (χ0) is 19.9. The summed E-state index contributed by atoms with van der Waals surface area (Å²) in [5.41, 5.74) is 2.91. The van der Waals surface area contributed by atoms with Crippen LogP contribution in [0.4, 0.5) is 0 Å². The van der Waals surface area contributed by atoms with E-state index in [9.17, 15) is 9.59 Å². The van der Waals surface area contributed by atoms with Gasteiger partial charge in [-0.15, -0.1) is 0 Å². The van der Waals surface area contributed by atoms with Gasteiger partial charge in [0.1, 0.15) is 12.4 Å². The quantitative estimate of drug-likeness (QED) is 0.367. The van der Waals surface area contributed by atoms with Gasteiger partial charge in [-0.05, 0) is 48.9 Å². The highest BCUT2D eigenvalue weighted by Gasteiger charge is 2.12. The topological polar surface area (TPSA) is 52.6 Å². The first kappa shape index (κ1) is 19.8. The summed E-state index contributed by atoms with van der Waals surface area (Å²) < 4.78 is 11.8. The molecule has 0 aliphatic heterocycles. The minimum Gasteiger partial charge on any atom is -0.489 e. The van der Waals surface area contributed by atoms with Crippen LogP contribution in [0.1, 0.15) is 31.8 Å². The summed E-state index contributed by atoms with van der Waals surface area (Å²) in [5, 5.41) is 0. The van der Waals surface area contributed by atoms with E-state index in [0.717, 1.165) is 21.3 Å². The Labute approximate surface area is 172 Å². The maximum absolute atomic E-state index is 12.1. The standard InChI is InChI=1S/C23H19BrO4/c1-16-2-6-18(7-3-16)22(25)15-28-23(26)19-8-4-17(5-9-19)14-27-21-12-10-20(24)11-13-21/h2-13H,14-15H2,1H3. The summed E-state index contributed by atoms with van der Waals surface area (Å²) in [6.45, 7) is 2.06. The van der Waals surface area contributed by atoms with Gasteiger partial charge in [0, 0.05) is 10.0 Å². The predicted molar refractivity (Wildman–Crippen MR) is 111 cm³/mol. The number of ketones is 1. The number of esters is 1. The number of rotatable bonds is 7. The minimum atomic E-state index is -0.527. The van der Waals surface area contributed by atoms with E-state index in [4.69, 9.17) is 9.47 Å². The number of carbonyl (C=O) groups excluding carboxylic acids is 2. The predicted octanol–water partition coefficient (Wildman–Crippen LogP) is 5.38. The number of Topliss-reactive ketones (excluding diaryl/α,β-unsaturated/α-hetero) is 1. The fourth-order valence-electron chi connectivity index (χ4n) is 2.47. The third-order valence-electron chi connectivity index (χ3n) is 4.12. The first-order chi connectivity index (χ1) is 13.5. The molecule has 0 saturated carbocycles. The lowest BCUT2D eigenvalue weighted by Gasteiger charge is -2.08. The Kier molecular flexibility index (Phi) is 6.61. The van der Waals surface area contributed by atoms with Crippen LogP contribution in [-0.2, 0) is 11.3 Å². The van der Waals surface area contributed by atoms with Crippen molar-refractivity contribution in [2.45, 2.75) is 13.5 Å². The van der Waals surface area contributed by atoms with E-state index in [1.807, 2.05) is 43.3 Å². The lowest BCUT2D eigenvalue weighted by atomic mass is 10.1. The molecule has 0 atom stereocenters. The van der Waals surface area contributed by atoms with E-state index in [2.05, 4.69) is 15.9 Å². The van der Waals surface area contributed by atoms with Crippen LogP contribution in [-0.4, -0.2) is 18.4 Å². The van der Waals surface area contributed by atoms with Gasteiger partial charge >= 0.3 is 5.97 Å². The Morgan fingerprint density at radius 3 is 2.07 bits per heavy atom. The fourth-order valence-corrected chi connectivity index (χ4v) is 2.74. The van der Waals surface area contributed by atoms with E-state index >= 15 is 0 Å². The zero-order valence-electron chi connectivity index (χ0n) is 15.4. The highest BCUT2D eigenvalue weighted by atomic mass is 79.9. The third-order valence-corrected chi connectivity index (χ3v) is 4.65. The van der Waals surface area contributed by atoms with Crippen molar-refractivity contribution in [3.05, 3.63) is 99.5 Å². The monoisotopic (exact) mass is 438 g/mol. The largest absolute Gasteiger partial charge is 0.489 e. The maximum atomic E-state index is 12.1. The van der Waals surface area contributed by atoms with Crippen LogP contribution in [0.15, 0.2) is 77.3 Å². The molecule has 3 aromatic rings. The third kappa shape index (κ3) is 5.54. The van der Waals surface area contributed by atoms with Crippen molar-refractivity contribution in [2.24, 2.45) is 0 Å². The van der Waals surface area contributed by atoms with Gasteiger partial charge in [-0.1, -0.05) is 57.9 Å². The molecule has 0 aliphatic carbocycles. The molecule has 3 rings (SSSR count). The molecule has 5 heteroatoms. The molecule has 0 amide bonds. The summed E-state index contributed by atoms with van der Waals surface area (Å²) in [6, 6.07) is 21.7. The summed E-state index contributed by atoms with van der Waals surface area (Å²) in [7, 11) is 0. The minimum absolute atomic E-state index is 0.229. The first-order valence-electron chi connectivity index (χ1n) is 8.75. The first-order valence-corrected chi connectivity index (χ1v) is 9.55. The van der Waals surface area contributed by atoms with Gasteiger partial charge in [0.05, 0.1) is 5.56 Å². The molecule has 28 heavy (non-hydrogen) atoms. The van der Waals surface area contributed by atoms with Crippen molar-refractivity contribution >= 4 is 27.7 Å². The number of hydrogen-bond donors (Lipinski definition) is 0. The average Bonchev–Trinajstić information content (AvgIpc) is 2.72. The number of halogens is 1. The molecular weight excluding hydrogens is 420 g/mol. The SMILES string of the molecule is Cc1ccc(C(=O)COC(=O)c2ccc(COc3ccc(Br)cc3)cc2)cc1. The van der Waals surface area contributed by atoms with E-state index < -0.39 is 5.97 Å². The number of ether oxygens (including phenoxy) is 2. The lowest BCUT2D eigenvalue weighted by Crippen LogP contribution is -2.14. The van der Waals surface area contributed by atoms with Crippen LogP contribution >= 0.6 is 15.9 Å². The van der Waals surface area contributed by atoms with Gasteiger partial charge in [0.25, 0.3) is 0 Å². The molecule has 0 saturated heterocycles. The summed E-state index contributed by atoms with van der Waals surface area (Å²) in [6.07, 6.45) is 0. The van der Waals surface area contributed by atoms with Crippen molar-refractivity contribution < 1.29 is 19.1 Å². The fraction of sp³-hybridized carbons (Fsp3) is 0.130. The highest BCUT2D eigenvalue weighted by molar-refractivity contribution is 9.10. The van der Waals surface area contributed by atoms with Crippen molar-refractivity contribution in [1.82, 2.24) is 0 Å². The Balaban J connectivity index is 1.51. The van der Waals surface area contributed by atoms with Crippen molar-refractivity contribution in [1.29, 1.82) is 0 Å². The van der Waals surface area contributed by atoms with Crippen LogP contribution in [0, 0.1) is 6.92 Å². The van der Waals surface area contributed by atoms with Crippen molar-refractivity contribution in [2.75, 3.05) is 6.61 Å². The molecule has 0 N–H and O–H groups in total. The van der Waals surface area contributed by atoms with Crippen molar-refractivity contribution in [3.63, 3.8) is 0 Å². The van der Waals surface area contributed by atoms with Gasteiger partial charge < -0.3 is 9.47 Å². The van der Waals surface area contributed by atoms with Gasteiger partial charge in [-0.2, -0.15) is 0 Å². The second kappa shape index (κ2) is 9.33. The van der Waals surface area contributed by atoms with Crippen LogP contribution in [0.2, 0.25) is 0 Å². The molecule has 0 radical (unpaired) electrons. The number of carbonyl (C=O) groups is 2. The lowest BCUT2D eigenvalue weighted by molar-refractivity contribution is 0.0474. The van der Waals surface area contributed by atoms with Crippen LogP contribution in [0.25, 0.3) is 0 Å². The van der Waals surface area contributed by atoms with Crippen LogP contribution in [0.3, 0.4) is 0 Å². The molecule has 142 valence electrons. The summed E-state index contributed by atoms with van der Waals surface area (Å²) >= 11 is 3.38. The number of benzene rings is 3. The normalized spacial score (nSPS) is 10.4. The molecule has 0 fully saturated rings. The number of aryl methyl sites for hydroxylation is 1. The van der Waals surface area contributed by atoms with E-state index in [1.165, 1.54) is 0 Å². The number of hydrogen-bond acceptors (Lipinski definition) is 4. The Bertz CT molecular complexity index is 945. The molecular formula is C23H19BrO4. The smallest absolute Gasteiger partial charge is 0.338 e. The Hall–Kier alpha value is -2.92. The van der Waals surface area contributed by atoms with E-state index in [-0.39, 0.29) is 12.4 Å². The second-order valence-corrected chi connectivity index (χ2v) is 7.22. The molecule has 0 spiro atoms. The summed E-state index contributed by atoms with van der Waals surface area (Å²) in [4.78, 5) is 24.2.